The highest BCUT2D eigenvalue weighted by Crippen LogP contribution is 2.21. The number of Topliss-reactive ketones (excluding diaryl/α,β-unsaturated/α-hetero) is 1. The monoisotopic (exact) mass is 339 g/mol. The fourth-order valence-electron chi connectivity index (χ4n) is 2.49. The topological polar surface area (TPSA) is 72.5 Å². The first kappa shape index (κ1) is 18.4. The molecule has 25 heavy (non-hydrogen) atoms. The molecule has 0 aromatic heterocycles. The minimum atomic E-state index is -0.406. The van der Waals surface area contributed by atoms with Gasteiger partial charge in [0.1, 0.15) is 0 Å². The summed E-state index contributed by atoms with van der Waals surface area (Å²) in [5.74, 6) is -1.25. The van der Waals surface area contributed by atoms with Crippen LogP contribution in [0.15, 0.2) is 54.6 Å². The Hall–Kier alpha value is -2.95. The number of nitrogens with one attached hydrogen (secondary N) is 1. The molecule has 0 saturated carbocycles. The second-order valence-electron chi connectivity index (χ2n) is 5.66. The summed E-state index contributed by atoms with van der Waals surface area (Å²) in [6.07, 6.45) is 0.600. The molecule has 0 bridgehead atoms. The van der Waals surface area contributed by atoms with Crippen molar-refractivity contribution < 1.29 is 19.1 Å². The molecular weight excluding hydrogens is 318 g/mol. The maximum atomic E-state index is 12.3. The SMILES string of the molecule is CC[C@H](C(=O)OCC(=O)c1ccc(NC(C)=O)cc1)c1ccccc1. The van der Waals surface area contributed by atoms with Crippen LogP contribution >= 0.6 is 0 Å². The molecule has 1 atom stereocenters. The number of ketones is 1. The van der Waals surface area contributed by atoms with Gasteiger partial charge in [-0.25, -0.2) is 0 Å². The first-order valence-corrected chi connectivity index (χ1v) is 8.13. The lowest BCUT2D eigenvalue weighted by Crippen LogP contribution is -2.20. The van der Waals surface area contributed by atoms with Crippen LogP contribution < -0.4 is 5.32 Å². The van der Waals surface area contributed by atoms with E-state index in [1.165, 1.54) is 6.92 Å². The van der Waals surface area contributed by atoms with Crippen LogP contribution in [-0.4, -0.2) is 24.3 Å². The summed E-state index contributed by atoms with van der Waals surface area (Å²) in [7, 11) is 0. The van der Waals surface area contributed by atoms with Gasteiger partial charge < -0.3 is 10.1 Å². The Bertz CT molecular complexity index is 738. The number of carbonyl (C=O) groups is 3. The number of anilines is 1. The van der Waals surface area contributed by atoms with Gasteiger partial charge in [-0.1, -0.05) is 37.3 Å². The second-order valence-corrected chi connectivity index (χ2v) is 5.66. The first-order chi connectivity index (χ1) is 12.0. The van der Waals surface area contributed by atoms with Crippen molar-refractivity contribution >= 4 is 23.3 Å². The van der Waals surface area contributed by atoms with Crippen LogP contribution in [0.5, 0.6) is 0 Å². The smallest absolute Gasteiger partial charge is 0.313 e. The van der Waals surface area contributed by atoms with E-state index in [1.807, 2.05) is 37.3 Å². The molecule has 5 nitrogen and oxygen atoms in total. The molecular formula is C20H21NO4. The molecule has 1 N–H and O–H groups in total. The van der Waals surface area contributed by atoms with Crippen molar-refractivity contribution in [1.82, 2.24) is 0 Å². The van der Waals surface area contributed by atoms with Crippen LogP contribution in [0.4, 0.5) is 5.69 Å². The molecule has 2 aromatic carbocycles. The molecule has 0 radical (unpaired) electrons. The summed E-state index contributed by atoms with van der Waals surface area (Å²) in [5, 5.41) is 2.63. The number of esters is 1. The van der Waals surface area contributed by atoms with Crippen LogP contribution in [0.2, 0.25) is 0 Å². The van der Waals surface area contributed by atoms with Gasteiger partial charge in [-0.2, -0.15) is 0 Å². The van der Waals surface area contributed by atoms with Gasteiger partial charge in [0.2, 0.25) is 5.91 Å². The van der Waals surface area contributed by atoms with E-state index in [9.17, 15) is 14.4 Å². The van der Waals surface area contributed by atoms with Crippen molar-refractivity contribution in [1.29, 1.82) is 0 Å². The molecule has 0 aliphatic carbocycles. The largest absolute Gasteiger partial charge is 0.457 e. The third kappa shape index (κ3) is 5.28. The summed E-state index contributed by atoms with van der Waals surface area (Å²) < 4.78 is 5.20. The van der Waals surface area contributed by atoms with Crippen LogP contribution in [0, 0.1) is 0 Å². The first-order valence-electron chi connectivity index (χ1n) is 8.13. The van der Waals surface area contributed by atoms with Gasteiger partial charge in [-0.15, -0.1) is 0 Å². The molecule has 0 aliphatic rings. The van der Waals surface area contributed by atoms with Gasteiger partial charge in [-0.3, -0.25) is 14.4 Å². The summed E-state index contributed by atoms with van der Waals surface area (Å²) in [5.41, 5.74) is 1.91. The van der Waals surface area contributed by atoms with E-state index < -0.39 is 5.97 Å². The Morgan fingerprint density at radius 2 is 1.64 bits per heavy atom. The molecule has 2 rings (SSSR count). The maximum absolute atomic E-state index is 12.3. The number of hydrogen-bond acceptors (Lipinski definition) is 4. The lowest BCUT2D eigenvalue weighted by atomic mass is 9.97. The van der Waals surface area contributed by atoms with Crippen LogP contribution in [0.3, 0.4) is 0 Å². The Balaban J connectivity index is 1.94. The molecule has 0 aliphatic heterocycles. The van der Waals surface area contributed by atoms with Gasteiger partial charge in [0.15, 0.2) is 12.4 Å². The second kappa shape index (κ2) is 8.78. The molecule has 0 fully saturated rings. The van der Waals surface area contributed by atoms with E-state index in [4.69, 9.17) is 4.74 Å². The van der Waals surface area contributed by atoms with Crippen molar-refractivity contribution in [3.8, 4) is 0 Å². The number of amides is 1. The fraction of sp³-hybridized carbons (Fsp3) is 0.250. The van der Waals surface area contributed by atoms with Crippen LogP contribution in [0.1, 0.15) is 42.1 Å². The van der Waals surface area contributed by atoms with Crippen molar-refractivity contribution in [2.75, 3.05) is 11.9 Å². The predicted molar refractivity (Wildman–Crippen MR) is 95.5 cm³/mol. The summed E-state index contributed by atoms with van der Waals surface area (Å²) in [6.45, 7) is 3.01. The Morgan fingerprint density at radius 1 is 1.00 bits per heavy atom. The predicted octanol–water partition coefficient (Wildman–Crippen LogP) is 3.56. The standard InChI is InChI=1S/C20H21NO4/c1-3-18(15-7-5-4-6-8-15)20(24)25-13-19(23)16-9-11-17(12-10-16)21-14(2)22/h4-12,18H,3,13H2,1-2H3,(H,21,22)/t18-/m0/s1. The van der Waals surface area contributed by atoms with E-state index in [0.29, 0.717) is 17.7 Å². The third-order valence-corrected chi connectivity index (χ3v) is 3.77. The Labute approximate surface area is 147 Å². The van der Waals surface area contributed by atoms with Crippen LogP contribution in [-0.2, 0) is 14.3 Å². The number of carbonyl (C=O) groups excluding carboxylic acids is 3. The van der Waals surface area contributed by atoms with E-state index in [0.717, 1.165) is 5.56 Å². The van der Waals surface area contributed by atoms with E-state index in [1.54, 1.807) is 24.3 Å². The van der Waals surface area contributed by atoms with Gasteiger partial charge >= 0.3 is 5.97 Å². The highest BCUT2D eigenvalue weighted by molar-refractivity contribution is 5.99. The minimum Gasteiger partial charge on any atom is -0.457 e. The molecule has 5 heteroatoms. The zero-order valence-corrected chi connectivity index (χ0v) is 14.3. The number of ether oxygens (including phenoxy) is 1. The average Bonchev–Trinajstić information content (AvgIpc) is 2.61. The summed E-state index contributed by atoms with van der Waals surface area (Å²) >= 11 is 0. The average molecular weight is 339 g/mol. The molecule has 0 saturated heterocycles. The normalized spacial score (nSPS) is 11.4. The van der Waals surface area contributed by atoms with Crippen LogP contribution in [0.25, 0.3) is 0 Å². The zero-order chi connectivity index (χ0) is 18.2. The molecule has 0 unspecified atom stereocenters. The van der Waals surface area contributed by atoms with Gasteiger partial charge in [0, 0.05) is 18.2 Å². The van der Waals surface area contributed by atoms with Gasteiger partial charge in [0.25, 0.3) is 0 Å². The van der Waals surface area contributed by atoms with Crippen molar-refractivity contribution in [3.63, 3.8) is 0 Å². The fourth-order valence-corrected chi connectivity index (χ4v) is 2.49. The quantitative estimate of drug-likeness (QED) is 0.618. The van der Waals surface area contributed by atoms with E-state index >= 15 is 0 Å². The minimum absolute atomic E-state index is 0.181. The molecule has 130 valence electrons. The third-order valence-electron chi connectivity index (χ3n) is 3.77. The maximum Gasteiger partial charge on any atom is 0.313 e. The highest BCUT2D eigenvalue weighted by atomic mass is 16.5. The molecule has 0 spiro atoms. The molecule has 1 amide bonds. The number of rotatable bonds is 7. The number of hydrogen-bond donors (Lipinski definition) is 1. The highest BCUT2D eigenvalue weighted by Gasteiger charge is 2.21. The molecule has 0 heterocycles. The van der Waals surface area contributed by atoms with E-state index in [2.05, 4.69) is 5.32 Å². The van der Waals surface area contributed by atoms with Gasteiger partial charge in [-0.05, 0) is 36.2 Å². The Morgan fingerprint density at radius 3 is 2.20 bits per heavy atom. The Kier molecular flexibility index (Phi) is 6.46. The summed E-state index contributed by atoms with van der Waals surface area (Å²) in [4.78, 5) is 35.4. The van der Waals surface area contributed by atoms with Gasteiger partial charge in [0.05, 0.1) is 5.92 Å². The summed E-state index contributed by atoms with van der Waals surface area (Å²) in [6, 6.07) is 15.8. The lowest BCUT2D eigenvalue weighted by molar-refractivity contribution is -0.144. The lowest BCUT2D eigenvalue weighted by Gasteiger charge is -2.14. The van der Waals surface area contributed by atoms with Crippen molar-refractivity contribution in [2.24, 2.45) is 0 Å². The zero-order valence-electron chi connectivity index (χ0n) is 14.3. The molecule has 2 aromatic rings. The van der Waals surface area contributed by atoms with Crippen molar-refractivity contribution in [3.05, 3.63) is 65.7 Å². The van der Waals surface area contributed by atoms with E-state index in [-0.39, 0.29) is 24.2 Å². The van der Waals surface area contributed by atoms with Crippen molar-refractivity contribution in [2.45, 2.75) is 26.2 Å². The number of benzene rings is 2.